The molecule has 0 atom stereocenters. The number of carbonyl (C=O) groups is 1. The van der Waals surface area contributed by atoms with Crippen molar-refractivity contribution in [1.29, 1.82) is 0 Å². The van der Waals surface area contributed by atoms with Gasteiger partial charge in [0.25, 0.3) is 5.56 Å². The van der Waals surface area contributed by atoms with Gasteiger partial charge in [0, 0.05) is 6.20 Å². The number of nitrogens with one attached hydrogen (secondary N) is 2. The lowest BCUT2D eigenvalue weighted by atomic mass is 10.7. The molecule has 10 N–H and O–H groups in total. The molecule has 0 fully saturated rings. The van der Waals surface area contributed by atoms with E-state index in [1.165, 1.54) is 6.20 Å². The van der Waals surface area contributed by atoms with Gasteiger partial charge in [-0.15, -0.1) is 0 Å². The van der Waals surface area contributed by atoms with E-state index in [2.05, 4.69) is 32.4 Å². The van der Waals surface area contributed by atoms with Crippen LogP contribution in [0.2, 0.25) is 0 Å². The molecule has 0 aliphatic heterocycles. The third kappa shape index (κ3) is 16.9. The Hall–Kier alpha value is -1.73. The minimum absolute atomic E-state index is 0.321. The van der Waals surface area contributed by atoms with Crippen molar-refractivity contribution in [2.24, 2.45) is 11.5 Å². The Morgan fingerprint density at radius 1 is 1.18 bits per heavy atom. The van der Waals surface area contributed by atoms with Crippen LogP contribution in [0.3, 0.4) is 0 Å². The molecule has 1 aromatic rings. The van der Waals surface area contributed by atoms with Gasteiger partial charge >= 0.3 is 11.7 Å². The molecule has 0 bridgehead atoms. The van der Waals surface area contributed by atoms with Gasteiger partial charge in [0.05, 0.1) is 4.47 Å². The molecule has 0 spiro atoms. The lowest BCUT2D eigenvalue weighted by molar-refractivity contribution is -0.176. The summed E-state index contributed by atoms with van der Waals surface area (Å²) in [5, 5.41) is 24.0. The highest BCUT2D eigenvalue weighted by molar-refractivity contribution is 9.10. The van der Waals surface area contributed by atoms with Crippen molar-refractivity contribution in [1.82, 2.24) is 9.97 Å². The van der Waals surface area contributed by atoms with E-state index >= 15 is 0 Å². The third-order valence-electron chi connectivity index (χ3n) is 0.774. The standard InChI is InChI=1S/C4H3BrN2O2.CH4N2O.2H2O2/c5-2-1-6-4(9)7-3(2)8;2-1(3)4;2*1-2/h1H,(H2,6,7,8,9);(H4,2,3,4);2*1-2H. The molecule has 0 saturated heterocycles. The maximum Gasteiger partial charge on any atom is 0.325 e. The monoisotopic (exact) mass is 318 g/mol. The van der Waals surface area contributed by atoms with Crippen LogP contribution < -0.4 is 22.7 Å². The van der Waals surface area contributed by atoms with Gasteiger partial charge in [0.2, 0.25) is 0 Å². The molecule has 12 heteroatoms. The molecule has 17 heavy (non-hydrogen) atoms. The van der Waals surface area contributed by atoms with E-state index in [0.717, 1.165) is 0 Å². The average Bonchev–Trinajstić information content (AvgIpc) is 2.29. The van der Waals surface area contributed by atoms with E-state index in [0.29, 0.717) is 4.47 Å². The number of rotatable bonds is 0. The van der Waals surface area contributed by atoms with E-state index < -0.39 is 17.3 Å². The smallest absolute Gasteiger partial charge is 0.325 e. The zero-order chi connectivity index (χ0) is 14.4. The highest BCUT2D eigenvalue weighted by Crippen LogP contribution is 1.93. The zero-order valence-electron chi connectivity index (χ0n) is 8.12. The summed E-state index contributed by atoms with van der Waals surface area (Å²) in [6, 6.07) is -0.833. The van der Waals surface area contributed by atoms with Crippen LogP contribution in [0.5, 0.6) is 0 Å². The molecule has 0 aliphatic carbocycles. The number of H-pyrrole nitrogens is 2. The molecule has 1 heterocycles. The molecule has 0 aliphatic rings. The molecule has 0 aromatic carbocycles. The zero-order valence-corrected chi connectivity index (χ0v) is 9.71. The van der Waals surface area contributed by atoms with E-state index in [9.17, 15) is 9.59 Å². The Bertz CT molecular complexity index is 398. The normalized spacial score (nSPS) is 7.12. The lowest BCUT2D eigenvalue weighted by Crippen LogP contribution is -2.21. The molecule has 1 aromatic heterocycles. The summed E-state index contributed by atoms with van der Waals surface area (Å²) in [6.07, 6.45) is 1.29. The molecular formula is C5H11BrN4O7. The maximum atomic E-state index is 10.5. The quantitative estimate of drug-likeness (QED) is 0.217. The highest BCUT2D eigenvalue weighted by atomic mass is 79.9. The SMILES string of the molecule is NC(N)=O.O=c1[nH]cc(Br)c(=O)[nH]1.OO.OO. The topological polar surface area (TPSA) is 216 Å². The summed E-state index contributed by atoms with van der Waals surface area (Å²) in [7, 11) is 0. The molecule has 0 radical (unpaired) electrons. The summed E-state index contributed by atoms with van der Waals surface area (Å²) < 4.78 is 0.321. The first kappa shape index (κ1) is 20.7. The molecule has 11 nitrogen and oxygen atoms in total. The maximum absolute atomic E-state index is 10.5. The van der Waals surface area contributed by atoms with Gasteiger partial charge in [-0.05, 0) is 15.9 Å². The van der Waals surface area contributed by atoms with Crippen LogP contribution in [0, 0.1) is 0 Å². The number of primary amides is 2. The number of aromatic nitrogens is 2. The fourth-order valence-electron chi connectivity index (χ4n) is 0.393. The lowest BCUT2D eigenvalue weighted by Gasteiger charge is -1.82. The number of carbonyl (C=O) groups excluding carboxylic acids is 1. The number of urea groups is 1. The van der Waals surface area contributed by atoms with E-state index in [1.807, 2.05) is 4.98 Å². The van der Waals surface area contributed by atoms with Gasteiger partial charge in [-0.3, -0.25) is 30.8 Å². The molecule has 2 amide bonds. The summed E-state index contributed by atoms with van der Waals surface area (Å²) in [5.41, 5.74) is 7.59. The van der Waals surface area contributed by atoms with E-state index in [-0.39, 0.29) is 0 Å². The highest BCUT2D eigenvalue weighted by Gasteiger charge is 1.90. The van der Waals surface area contributed by atoms with Crippen molar-refractivity contribution in [2.75, 3.05) is 0 Å². The Balaban J connectivity index is -0.000000208. The van der Waals surface area contributed by atoms with Gasteiger partial charge in [-0.2, -0.15) is 0 Å². The van der Waals surface area contributed by atoms with E-state index in [1.54, 1.807) is 0 Å². The van der Waals surface area contributed by atoms with Gasteiger partial charge in [-0.25, -0.2) is 9.59 Å². The fourth-order valence-corrected chi connectivity index (χ4v) is 0.607. The van der Waals surface area contributed by atoms with Crippen LogP contribution in [0.4, 0.5) is 4.79 Å². The van der Waals surface area contributed by atoms with Crippen molar-refractivity contribution in [3.05, 3.63) is 31.5 Å². The minimum Gasteiger partial charge on any atom is -0.352 e. The first-order chi connectivity index (χ1) is 7.93. The van der Waals surface area contributed by atoms with Gasteiger partial charge in [0.1, 0.15) is 0 Å². The second-order valence-corrected chi connectivity index (χ2v) is 2.68. The summed E-state index contributed by atoms with van der Waals surface area (Å²) >= 11 is 2.92. The molecule has 0 saturated carbocycles. The predicted molar refractivity (Wildman–Crippen MR) is 59.7 cm³/mol. The van der Waals surface area contributed by atoms with Crippen LogP contribution in [-0.4, -0.2) is 37.0 Å². The summed E-state index contributed by atoms with van der Waals surface area (Å²) in [5.74, 6) is 0. The van der Waals surface area contributed by atoms with E-state index in [4.69, 9.17) is 25.8 Å². The second-order valence-electron chi connectivity index (χ2n) is 1.82. The first-order valence-corrected chi connectivity index (χ1v) is 4.15. The van der Waals surface area contributed by atoms with Crippen molar-refractivity contribution in [3.63, 3.8) is 0 Å². The van der Waals surface area contributed by atoms with Crippen LogP contribution in [0.15, 0.2) is 20.3 Å². The Labute approximate surface area is 101 Å². The van der Waals surface area contributed by atoms with Crippen molar-refractivity contribution < 1.29 is 25.8 Å². The minimum atomic E-state index is -0.833. The van der Waals surface area contributed by atoms with Gasteiger partial charge in [-0.1, -0.05) is 0 Å². The largest absolute Gasteiger partial charge is 0.352 e. The fraction of sp³-hybridized carbons (Fsp3) is 0. The molecule has 100 valence electrons. The second kappa shape index (κ2) is 14.3. The van der Waals surface area contributed by atoms with Crippen LogP contribution in [0.25, 0.3) is 0 Å². The number of aromatic amines is 2. The Morgan fingerprint density at radius 2 is 1.53 bits per heavy atom. The van der Waals surface area contributed by atoms with Crippen LogP contribution in [-0.2, 0) is 0 Å². The van der Waals surface area contributed by atoms with Crippen molar-refractivity contribution >= 4 is 22.0 Å². The number of amides is 2. The summed E-state index contributed by atoms with van der Waals surface area (Å²) in [6.45, 7) is 0. The van der Waals surface area contributed by atoms with Crippen LogP contribution >= 0.6 is 15.9 Å². The Morgan fingerprint density at radius 3 is 1.76 bits per heavy atom. The average molecular weight is 319 g/mol. The number of nitrogens with two attached hydrogens (primary N) is 2. The molecule has 0 unspecified atom stereocenters. The predicted octanol–water partition coefficient (Wildman–Crippen LogP) is -1.12. The number of halogens is 1. The third-order valence-corrected chi connectivity index (χ3v) is 1.36. The first-order valence-electron chi connectivity index (χ1n) is 3.36. The van der Waals surface area contributed by atoms with Crippen molar-refractivity contribution in [3.8, 4) is 0 Å². The Kier molecular flexibility index (Phi) is 17.3. The number of hydrogen-bond donors (Lipinski definition) is 8. The molecular weight excluding hydrogens is 308 g/mol. The van der Waals surface area contributed by atoms with Gasteiger partial charge < -0.3 is 16.5 Å². The molecule has 1 rings (SSSR count). The van der Waals surface area contributed by atoms with Gasteiger partial charge in [0.15, 0.2) is 0 Å². The van der Waals surface area contributed by atoms with Crippen molar-refractivity contribution in [2.45, 2.75) is 0 Å². The number of hydrogen-bond acceptors (Lipinski definition) is 7. The summed E-state index contributed by atoms with van der Waals surface area (Å²) in [4.78, 5) is 34.1. The van der Waals surface area contributed by atoms with Crippen LogP contribution in [0.1, 0.15) is 0 Å².